The largest absolute Gasteiger partial charge is 0.349 e. The number of carbonyl (C=O) groups excluding carboxylic acids is 1. The molecule has 164 valence electrons. The van der Waals surface area contributed by atoms with Crippen LogP contribution in [0, 0.1) is 5.82 Å². The predicted octanol–water partition coefficient (Wildman–Crippen LogP) is 4.82. The van der Waals surface area contributed by atoms with Crippen molar-refractivity contribution in [2.45, 2.75) is 24.5 Å². The molecular weight excluding hydrogens is 436 g/mol. The topological polar surface area (TPSA) is 64.0 Å². The first kappa shape index (κ1) is 20.3. The van der Waals surface area contributed by atoms with Gasteiger partial charge in [-0.1, -0.05) is 24.3 Å². The molecule has 1 saturated heterocycles. The number of amides is 1. The van der Waals surface area contributed by atoms with Crippen molar-refractivity contribution in [3.05, 3.63) is 94.2 Å². The standard InChI is InChI=1S/C26H21FN3O2P/c27-22-12-16(6-9-19(22)23-14-33-23)15-3-1-4-18(11-15)30-13-21(26(32)29-17-7-8-17)24(31)20-5-2-10-28-25(20)30/h1-6,9-13,17,23,33H,7-8,14H2,(H,29,32). The maximum atomic E-state index is 14.7. The van der Waals surface area contributed by atoms with Crippen molar-refractivity contribution in [3.63, 3.8) is 0 Å². The summed E-state index contributed by atoms with van der Waals surface area (Å²) in [4.78, 5) is 30.2. The Bertz CT molecular complexity index is 1470. The lowest BCUT2D eigenvalue weighted by molar-refractivity contribution is 0.0949. The summed E-state index contributed by atoms with van der Waals surface area (Å²) in [6.45, 7) is 0. The minimum atomic E-state index is -0.364. The Morgan fingerprint density at radius 1 is 1.09 bits per heavy atom. The molecular formula is C26H21FN3O2P. The first-order valence-corrected chi connectivity index (χ1v) is 12.3. The SMILES string of the molecule is O=C(NC1CC1)c1cn(-c2cccc(-c3ccc(C4CP4)c(F)c3)c2)c2ncccc2c1=O. The molecule has 4 aromatic rings. The van der Waals surface area contributed by atoms with E-state index in [1.165, 1.54) is 0 Å². The Kier molecular flexibility index (Phi) is 4.84. The van der Waals surface area contributed by atoms with E-state index in [1.54, 1.807) is 35.2 Å². The lowest BCUT2D eigenvalue weighted by Crippen LogP contribution is -2.31. The monoisotopic (exact) mass is 457 g/mol. The average Bonchev–Trinajstić information content (AvgIpc) is 3.75. The Morgan fingerprint density at radius 2 is 1.91 bits per heavy atom. The van der Waals surface area contributed by atoms with Gasteiger partial charge in [0.1, 0.15) is 17.0 Å². The molecule has 3 heterocycles. The van der Waals surface area contributed by atoms with E-state index in [9.17, 15) is 14.0 Å². The van der Waals surface area contributed by atoms with E-state index in [-0.39, 0.29) is 28.8 Å². The third-order valence-corrected chi connectivity index (χ3v) is 7.29. The quantitative estimate of drug-likeness (QED) is 0.437. The normalized spacial score (nSPS) is 17.9. The molecule has 5 nitrogen and oxygen atoms in total. The lowest BCUT2D eigenvalue weighted by Gasteiger charge is -2.14. The summed E-state index contributed by atoms with van der Waals surface area (Å²) in [5.74, 6) is -0.529. The van der Waals surface area contributed by atoms with E-state index in [4.69, 9.17) is 0 Å². The van der Waals surface area contributed by atoms with Crippen LogP contribution >= 0.6 is 8.58 Å². The number of carbonyl (C=O) groups is 1. The fraction of sp³-hybridized carbons (Fsp3) is 0.192. The highest BCUT2D eigenvalue weighted by Gasteiger charge is 2.27. The molecule has 2 fully saturated rings. The second kappa shape index (κ2) is 7.89. The molecule has 0 bridgehead atoms. The van der Waals surface area contributed by atoms with Gasteiger partial charge in [-0.3, -0.25) is 9.59 Å². The number of nitrogens with zero attached hydrogens (tertiary/aromatic N) is 2. The zero-order chi connectivity index (χ0) is 22.5. The van der Waals surface area contributed by atoms with Gasteiger partial charge in [0.2, 0.25) is 5.43 Å². The molecule has 2 unspecified atom stereocenters. The fourth-order valence-electron chi connectivity index (χ4n) is 4.11. The summed E-state index contributed by atoms with van der Waals surface area (Å²) in [6, 6.07) is 16.6. The maximum Gasteiger partial charge on any atom is 0.257 e. The van der Waals surface area contributed by atoms with Crippen molar-refractivity contribution in [2.75, 3.05) is 6.16 Å². The molecule has 33 heavy (non-hydrogen) atoms. The smallest absolute Gasteiger partial charge is 0.257 e. The van der Waals surface area contributed by atoms with Crippen LogP contribution in [0.1, 0.15) is 34.4 Å². The summed E-state index contributed by atoms with van der Waals surface area (Å²) in [7, 11) is 0.820. The van der Waals surface area contributed by atoms with Gasteiger partial charge in [0, 0.05) is 29.8 Å². The van der Waals surface area contributed by atoms with E-state index >= 15 is 0 Å². The van der Waals surface area contributed by atoms with E-state index in [2.05, 4.69) is 10.3 Å². The maximum absolute atomic E-state index is 14.7. The first-order valence-electron chi connectivity index (χ1n) is 11.0. The molecule has 2 atom stereocenters. The molecule has 2 aliphatic rings. The highest BCUT2D eigenvalue weighted by Crippen LogP contribution is 2.53. The van der Waals surface area contributed by atoms with Crippen molar-refractivity contribution in [3.8, 4) is 16.8 Å². The van der Waals surface area contributed by atoms with E-state index < -0.39 is 0 Å². The Hall–Kier alpha value is -3.37. The molecule has 2 aromatic carbocycles. The van der Waals surface area contributed by atoms with Crippen molar-refractivity contribution < 1.29 is 9.18 Å². The van der Waals surface area contributed by atoms with Crippen molar-refractivity contribution >= 4 is 25.5 Å². The van der Waals surface area contributed by atoms with Crippen LogP contribution in [0.2, 0.25) is 0 Å². The molecule has 1 N–H and O–H groups in total. The summed E-state index contributed by atoms with van der Waals surface area (Å²) in [5.41, 5.74) is 3.79. The number of nitrogens with one attached hydrogen (secondary N) is 1. The minimum Gasteiger partial charge on any atom is -0.349 e. The molecule has 2 aromatic heterocycles. The van der Waals surface area contributed by atoms with E-state index in [0.29, 0.717) is 16.7 Å². The van der Waals surface area contributed by atoms with Gasteiger partial charge in [0.25, 0.3) is 5.91 Å². The third-order valence-electron chi connectivity index (χ3n) is 6.16. The van der Waals surface area contributed by atoms with Crippen LogP contribution in [0.5, 0.6) is 0 Å². The zero-order valence-electron chi connectivity index (χ0n) is 17.7. The van der Waals surface area contributed by atoms with Gasteiger partial charge in [0.15, 0.2) is 0 Å². The summed E-state index contributed by atoms with van der Waals surface area (Å²) in [5, 5.41) is 3.28. The van der Waals surface area contributed by atoms with Gasteiger partial charge >= 0.3 is 0 Å². The van der Waals surface area contributed by atoms with Gasteiger partial charge in [-0.25, -0.2) is 9.37 Å². The Balaban J connectivity index is 1.46. The molecule has 6 rings (SSSR count). The summed E-state index contributed by atoms with van der Waals surface area (Å²) >= 11 is 0. The third kappa shape index (κ3) is 3.85. The van der Waals surface area contributed by atoms with Gasteiger partial charge < -0.3 is 9.88 Å². The number of hydrogen-bond donors (Lipinski definition) is 1. The highest BCUT2D eigenvalue weighted by atomic mass is 31.1. The van der Waals surface area contributed by atoms with Crippen LogP contribution in [0.25, 0.3) is 27.8 Å². The fourth-order valence-corrected chi connectivity index (χ4v) is 4.90. The molecule has 0 spiro atoms. The van der Waals surface area contributed by atoms with Crippen molar-refractivity contribution in [1.82, 2.24) is 14.9 Å². The first-order chi connectivity index (χ1) is 16.1. The zero-order valence-corrected chi connectivity index (χ0v) is 18.7. The Labute approximate surface area is 191 Å². The predicted molar refractivity (Wildman–Crippen MR) is 129 cm³/mol. The second-order valence-electron chi connectivity index (χ2n) is 8.61. The summed E-state index contributed by atoms with van der Waals surface area (Å²) in [6.07, 6.45) is 6.14. The molecule has 0 radical (unpaired) electrons. The van der Waals surface area contributed by atoms with Crippen LogP contribution in [0.3, 0.4) is 0 Å². The molecule has 1 amide bonds. The number of halogens is 1. The number of aromatic nitrogens is 2. The Morgan fingerprint density at radius 3 is 2.67 bits per heavy atom. The minimum absolute atomic E-state index is 0.0912. The summed E-state index contributed by atoms with van der Waals surface area (Å²) < 4.78 is 16.4. The van der Waals surface area contributed by atoms with Crippen LogP contribution in [0.15, 0.2) is 71.8 Å². The molecule has 7 heteroatoms. The van der Waals surface area contributed by atoms with E-state index in [0.717, 1.165) is 50.0 Å². The van der Waals surface area contributed by atoms with Crippen LogP contribution in [-0.4, -0.2) is 27.7 Å². The van der Waals surface area contributed by atoms with Crippen molar-refractivity contribution in [1.29, 1.82) is 0 Å². The van der Waals surface area contributed by atoms with Crippen LogP contribution in [0.4, 0.5) is 4.39 Å². The van der Waals surface area contributed by atoms with Crippen LogP contribution in [-0.2, 0) is 0 Å². The molecule has 1 aliphatic carbocycles. The average molecular weight is 457 g/mol. The number of hydrogen-bond acceptors (Lipinski definition) is 3. The van der Waals surface area contributed by atoms with Crippen LogP contribution < -0.4 is 10.7 Å². The molecule has 1 saturated carbocycles. The highest BCUT2D eigenvalue weighted by molar-refractivity contribution is 7.47. The van der Waals surface area contributed by atoms with Gasteiger partial charge in [-0.15, -0.1) is 8.58 Å². The second-order valence-corrected chi connectivity index (χ2v) is 10.1. The van der Waals surface area contributed by atoms with Gasteiger partial charge in [-0.2, -0.15) is 0 Å². The van der Waals surface area contributed by atoms with Gasteiger partial charge in [0.05, 0.1) is 5.39 Å². The number of rotatable bonds is 5. The molecule has 1 aliphatic heterocycles. The van der Waals surface area contributed by atoms with Crippen molar-refractivity contribution in [2.24, 2.45) is 0 Å². The number of benzene rings is 2. The van der Waals surface area contributed by atoms with E-state index in [1.807, 2.05) is 36.4 Å². The lowest BCUT2D eigenvalue weighted by atomic mass is 10.0. The number of pyridine rings is 2. The van der Waals surface area contributed by atoms with Gasteiger partial charge in [-0.05, 0) is 66.0 Å². The number of fused-ring (bicyclic) bond motifs is 1.